The second kappa shape index (κ2) is 8.79. The molecule has 2 N–H and O–H groups in total. The van der Waals surface area contributed by atoms with E-state index >= 15 is 0 Å². The molecule has 0 aliphatic rings. The standard InChI is InChI=1S/C20H21ClN4O2/c1-13(20(26)23-10-9-22-2)14-3-6-16(7-4-14)27-19-12-24-18-11-15(21)5-8-17(18)25-19/h3-8,11-13,22H,9-10H2,1-2H3,(H,23,26). The molecule has 6 nitrogen and oxygen atoms in total. The Balaban J connectivity index is 1.66. The molecule has 0 saturated heterocycles. The Morgan fingerprint density at radius 3 is 2.67 bits per heavy atom. The van der Waals surface area contributed by atoms with Gasteiger partial charge in [-0.15, -0.1) is 0 Å². The molecule has 0 aliphatic carbocycles. The number of fused-ring (bicyclic) bond motifs is 1. The number of hydrogen-bond acceptors (Lipinski definition) is 5. The number of halogens is 1. The van der Waals surface area contributed by atoms with E-state index in [4.69, 9.17) is 16.3 Å². The minimum atomic E-state index is -0.235. The average molecular weight is 385 g/mol. The molecule has 2 aromatic carbocycles. The highest BCUT2D eigenvalue weighted by Gasteiger charge is 2.14. The first-order valence-corrected chi connectivity index (χ1v) is 9.07. The number of benzene rings is 2. The molecule has 0 aliphatic heterocycles. The normalized spacial score (nSPS) is 12.0. The first-order chi connectivity index (χ1) is 13.1. The maximum absolute atomic E-state index is 12.1. The third kappa shape index (κ3) is 4.93. The summed E-state index contributed by atoms with van der Waals surface area (Å²) in [5.41, 5.74) is 2.34. The van der Waals surface area contributed by atoms with Gasteiger partial charge in [-0.3, -0.25) is 4.79 Å². The Hall–Kier alpha value is -2.70. The fraction of sp³-hybridized carbons (Fsp3) is 0.250. The topological polar surface area (TPSA) is 76.1 Å². The van der Waals surface area contributed by atoms with Crippen LogP contribution in [0.25, 0.3) is 11.0 Å². The Morgan fingerprint density at radius 1 is 1.15 bits per heavy atom. The summed E-state index contributed by atoms with van der Waals surface area (Å²) in [7, 11) is 1.85. The lowest BCUT2D eigenvalue weighted by Gasteiger charge is -2.13. The molecule has 7 heteroatoms. The molecule has 1 unspecified atom stereocenters. The number of hydrogen-bond donors (Lipinski definition) is 2. The van der Waals surface area contributed by atoms with Gasteiger partial charge in [0.1, 0.15) is 5.75 Å². The molecule has 1 heterocycles. The highest BCUT2D eigenvalue weighted by Crippen LogP contribution is 2.24. The summed E-state index contributed by atoms with van der Waals surface area (Å²) in [6, 6.07) is 12.7. The number of nitrogens with zero attached hydrogens (tertiary/aromatic N) is 2. The van der Waals surface area contributed by atoms with Gasteiger partial charge < -0.3 is 15.4 Å². The highest BCUT2D eigenvalue weighted by molar-refractivity contribution is 6.31. The van der Waals surface area contributed by atoms with Crippen LogP contribution < -0.4 is 15.4 Å². The molecule has 1 aromatic heterocycles. The zero-order valence-electron chi connectivity index (χ0n) is 15.2. The highest BCUT2D eigenvalue weighted by atomic mass is 35.5. The van der Waals surface area contributed by atoms with Crippen LogP contribution in [0.15, 0.2) is 48.7 Å². The Labute approximate surface area is 162 Å². The van der Waals surface area contributed by atoms with Crippen molar-refractivity contribution in [3.05, 3.63) is 59.2 Å². The maximum atomic E-state index is 12.1. The first kappa shape index (κ1) is 19.1. The van der Waals surface area contributed by atoms with Gasteiger partial charge in [-0.2, -0.15) is 0 Å². The monoisotopic (exact) mass is 384 g/mol. The predicted octanol–water partition coefficient (Wildman–Crippen LogP) is 3.51. The van der Waals surface area contributed by atoms with Crippen LogP contribution in [0, 0.1) is 0 Å². The summed E-state index contributed by atoms with van der Waals surface area (Å²) in [4.78, 5) is 20.9. The second-order valence-electron chi connectivity index (χ2n) is 6.13. The molecule has 1 amide bonds. The quantitative estimate of drug-likeness (QED) is 0.609. The van der Waals surface area contributed by atoms with Gasteiger partial charge in [-0.05, 0) is 49.9 Å². The van der Waals surface area contributed by atoms with Crippen molar-refractivity contribution >= 4 is 28.5 Å². The van der Waals surface area contributed by atoms with Crippen LogP contribution in [0.2, 0.25) is 5.02 Å². The summed E-state index contributed by atoms with van der Waals surface area (Å²) in [6.45, 7) is 3.22. The van der Waals surface area contributed by atoms with E-state index < -0.39 is 0 Å². The van der Waals surface area contributed by atoms with E-state index in [9.17, 15) is 4.79 Å². The van der Waals surface area contributed by atoms with Crippen molar-refractivity contribution in [2.24, 2.45) is 0 Å². The lowest BCUT2D eigenvalue weighted by molar-refractivity contribution is -0.122. The molecule has 0 fully saturated rings. The van der Waals surface area contributed by atoms with Crippen LogP contribution in [-0.2, 0) is 4.79 Å². The van der Waals surface area contributed by atoms with Crippen molar-refractivity contribution in [3.8, 4) is 11.6 Å². The van der Waals surface area contributed by atoms with E-state index in [1.165, 1.54) is 0 Å². The van der Waals surface area contributed by atoms with Crippen LogP contribution in [0.4, 0.5) is 0 Å². The third-order valence-electron chi connectivity index (χ3n) is 4.15. The SMILES string of the molecule is CNCCNC(=O)C(C)c1ccc(Oc2cnc3cc(Cl)ccc3n2)cc1. The number of carbonyl (C=O) groups excluding carboxylic acids is 1. The molecular formula is C20H21ClN4O2. The van der Waals surface area contributed by atoms with E-state index in [2.05, 4.69) is 20.6 Å². The lowest BCUT2D eigenvalue weighted by Crippen LogP contribution is -2.33. The van der Waals surface area contributed by atoms with Crippen molar-refractivity contribution in [1.29, 1.82) is 0 Å². The van der Waals surface area contributed by atoms with Gasteiger partial charge in [-0.25, -0.2) is 9.97 Å². The smallest absolute Gasteiger partial charge is 0.238 e. The summed E-state index contributed by atoms with van der Waals surface area (Å²) < 4.78 is 5.78. The number of amides is 1. The van der Waals surface area contributed by atoms with E-state index in [0.717, 1.165) is 12.1 Å². The summed E-state index contributed by atoms with van der Waals surface area (Å²) in [5, 5.41) is 6.51. The van der Waals surface area contributed by atoms with Gasteiger partial charge in [0, 0.05) is 18.1 Å². The zero-order valence-corrected chi connectivity index (χ0v) is 16.0. The van der Waals surface area contributed by atoms with Crippen molar-refractivity contribution in [3.63, 3.8) is 0 Å². The van der Waals surface area contributed by atoms with Gasteiger partial charge in [0.25, 0.3) is 0 Å². The summed E-state index contributed by atoms with van der Waals surface area (Å²) >= 11 is 5.96. The average Bonchev–Trinajstić information content (AvgIpc) is 2.68. The number of carbonyl (C=O) groups is 1. The largest absolute Gasteiger partial charge is 0.437 e. The molecule has 3 aromatic rings. The summed E-state index contributed by atoms with van der Waals surface area (Å²) in [6.07, 6.45) is 1.56. The Bertz CT molecular complexity index is 931. The number of likely N-dealkylation sites (N-methyl/N-ethyl adjacent to an activating group) is 1. The van der Waals surface area contributed by atoms with E-state index in [0.29, 0.717) is 34.2 Å². The van der Waals surface area contributed by atoms with Gasteiger partial charge in [0.2, 0.25) is 11.8 Å². The number of nitrogens with one attached hydrogen (secondary N) is 2. The molecule has 0 spiro atoms. The van der Waals surface area contributed by atoms with E-state index in [1.807, 2.05) is 38.2 Å². The van der Waals surface area contributed by atoms with Crippen LogP contribution in [-0.4, -0.2) is 36.0 Å². The van der Waals surface area contributed by atoms with E-state index in [1.54, 1.807) is 24.4 Å². The van der Waals surface area contributed by atoms with E-state index in [-0.39, 0.29) is 11.8 Å². The molecule has 0 radical (unpaired) electrons. The summed E-state index contributed by atoms with van der Waals surface area (Å²) in [5.74, 6) is 0.790. The van der Waals surface area contributed by atoms with Crippen molar-refractivity contribution in [2.45, 2.75) is 12.8 Å². The molecule has 3 rings (SSSR count). The molecule has 140 valence electrons. The van der Waals surface area contributed by atoms with Crippen LogP contribution in [0.3, 0.4) is 0 Å². The fourth-order valence-electron chi connectivity index (χ4n) is 2.58. The zero-order chi connectivity index (χ0) is 19.2. The number of aromatic nitrogens is 2. The van der Waals surface area contributed by atoms with Crippen molar-refractivity contribution in [2.75, 3.05) is 20.1 Å². The minimum Gasteiger partial charge on any atom is -0.437 e. The fourth-order valence-corrected chi connectivity index (χ4v) is 2.74. The van der Waals surface area contributed by atoms with Gasteiger partial charge in [0.05, 0.1) is 23.1 Å². The van der Waals surface area contributed by atoms with Gasteiger partial charge in [-0.1, -0.05) is 23.7 Å². The Kier molecular flexibility index (Phi) is 6.21. The van der Waals surface area contributed by atoms with Gasteiger partial charge >= 0.3 is 0 Å². The molecule has 0 bridgehead atoms. The number of ether oxygens (including phenoxy) is 1. The lowest BCUT2D eigenvalue weighted by atomic mass is 10.0. The molecule has 27 heavy (non-hydrogen) atoms. The van der Waals surface area contributed by atoms with Gasteiger partial charge in [0.15, 0.2) is 0 Å². The molecule has 0 saturated carbocycles. The molecular weight excluding hydrogens is 364 g/mol. The molecule has 1 atom stereocenters. The second-order valence-corrected chi connectivity index (χ2v) is 6.57. The first-order valence-electron chi connectivity index (χ1n) is 8.69. The van der Waals surface area contributed by atoms with Crippen molar-refractivity contribution < 1.29 is 9.53 Å². The third-order valence-corrected chi connectivity index (χ3v) is 4.39. The van der Waals surface area contributed by atoms with Crippen LogP contribution in [0.1, 0.15) is 18.4 Å². The predicted molar refractivity (Wildman–Crippen MR) is 106 cm³/mol. The van der Waals surface area contributed by atoms with Crippen LogP contribution in [0.5, 0.6) is 11.6 Å². The maximum Gasteiger partial charge on any atom is 0.238 e. The van der Waals surface area contributed by atoms with Crippen LogP contribution >= 0.6 is 11.6 Å². The van der Waals surface area contributed by atoms with Crippen molar-refractivity contribution in [1.82, 2.24) is 20.6 Å². The minimum absolute atomic E-state index is 0.00187. The number of rotatable bonds is 7. The Morgan fingerprint density at radius 2 is 1.93 bits per heavy atom.